The van der Waals surface area contributed by atoms with Crippen LogP contribution in [-0.4, -0.2) is 0 Å². The molecular formula is C18H23N. The summed E-state index contributed by atoms with van der Waals surface area (Å²) in [7, 11) is 0. The van der Waals surface area contributed by atoms with Crippen molar-refractivity contribution in [3.63, 3.8) is 0 Å². The maximum absolute atomic E-state index is 9.57. The highest BCUT2D eigenvalue weighted by Crippen LogP contribution is 2.44. The summed E-state index contributed by atoms with van der Waals surface area (Å²) in [5, 5.41) is 9.57. The minimum absolute atomic E-state index is 0.261. The Hall–Kier alpha value is -1.29. The first-order valence-electron chi connectivity index (χ1n) is 7.70. The van der Waals surface area contributed by atoms with Gasteiger partial charge in [-0.1, -0.05) is 20.8 Å². The quantitative estimate of drug-likeness (QED) is 0.774. The van der Waals surface area contributed by atoms with Crippen LogP contribution in [0.2, 0.25) is 0 Å². The predicted octanol–water partition coefficient (Wildman–Crippen LogP) is 4.22. The Labute approximate surface area is 116 Å². The lowest BCUT2D eigenvalue weighted by atomic mass is 9.74. The Balaban J connectivity index is 2.35. The lowest BCUT2D eigenvalue weighted by Gasteiger charge is -2.30. The highest BCUT2D eigenvalue weighted by molar-refractivity contribution is 5.61. The minimum atomic E-state index is 0.261. The van der Waals surface area contributed by atoms with Crippen LogP contribution in [0, 0.1) is 11.3 Å². The van der Waals surface area contributed by atoms with Crippen molar-refractivity contribution >= 4 is 0 Å². The Bertz CT molecular complexity index is 537. The molecule has 1 aromatic rings. The molecule has 19 heavy (non-hydrogen) atoms. The van der Waals surface area contributed by atoms with Gasteiger partial charge in [-0.15, -0.1) is 0 Å². The summed E-state index contributed by atoms with van der Waals surface area (Å²) in [5.74, 6) is 0. The molecule has 1 aromatic carbocycles. The number of nitriles is 1. The van der Waals surface area contributed by atoms with Crippen molar-refractivity contribution in [1.29, 1.82) is 5.26 Å². The summed E-state index contributed by atoms with van der Waals surface area (Å²) in [6.45, 7) is 7.05. The summed E-state index contributed by atoms with van der Waals surface area (Å²) in [6, 6.07) is 2.52. The molecule has 0 amide bonds. The molecule has 1 heteroatoms. The standard InChI is InChI=1S/C18H23N/c1-4-18(2,3)17-14-9-5-7-12(14)16(11-19)13-8-6-10-15(13)17/h4-10H2,1-3H3. The van der Waals surface area contributed by atoms with Crippen LogP contribution in [0.15, 0.2) is 0 Å². The minimum Gasteiger partial charge on any atom is -0.192 e. The Morgan fingerprint density at radius 3 is 1.84 bits per heavy atom. The van der Waals surface area contributed by atoms with Gasteiger partial charge in [-0.25, -0.2) is 0 Å². The van der Waals surface area contributed by atoms with Gasteiger partial charge < -0.3 is 0 Å². The molecule has 0 radical (unpaired) electrons. The van der Waals surface area contributed by atoms with Crippen molar-refractivity contribution in [3.05, 3.63) is 33.4 Å². The van der Waals surface area contributed by atoms with Gasteiger partial charge in [-0.2, -0.15) is 5.26 Å². The summed E-state index contributed by atoms with van der Waals surface area (Å²) in [4.78, 5) is 0. The van der Waals surface area contributed by atoms with E-state index in [1.54, 1.807) is 16.7 Å². The first-order chi connectivity index (χ1) is 9.10. The SMILES string of the molecule is CCC(C)(C)c1c2c(c(C#N)c3c1CCC3)CCC2. The first kappa shape index (κ1) is 12.7. The zero-order valence-electron chi connectivity index (χ0n) is 12.4. The van der Waals surface area contributed by atoms with Crippen LogP contribution in [0.1, 0.15) is 73.4 Å². The van der Waals surface area contributed by atoms with Crippen LogP contribution in [0.3, 0.4) is 0 Å². The largest absolute Gasteiger partial charge is 0.192 e. The van der Waals surface area contributed by atoms with Gasteiger partial charge in [0.05, 0.1) is 11.6 Å². The zero-order valence-corrected chi connectivity index (χ0v) is 12.4. The molecule has 3 rings (SSSR count). The van der Waals surface area contributed by atoms with Crippen LogP contribution in [-0.2, 0) is 31.1 Å². The smallest absolute Gasteiger partial charge is 0.0997 e. The molecule has 2 aliphatic rings. The highest BCUT2D eigenvalue weighted by atomic mass is 14.4. The van der Waals surface area contributed by atoms with Crippen LogP contribution >= 0.6 is 0 Å². The van der Waals surface area contributed by atoms with E-state index in [0.29, 0.717) is 0 Å². The second kappa shape index (κ2) is 4.37. The number of hydrogen-bond acceptors (Lipinski definition) is 1. The molecule has 2 aliphatic carbocycles. The van der Waals surface area contributed by atoms with Gasteiger partial charge in [0.15, 0.2) is 0 Å². The van der Waals surface area contributed by atoms with E-state index in [1.807, 2.05) is 0 Å². The Morgan fingerprint density at radius 2 is 1.42 bits per heavy atom. The molecule has 0 heterocycles. The zero-order chi connectivity index (χ0) is 13.6. The third kappa shape index (κ3) is 1.73. The molecule has 1 nitrogen and oxygen atoms in total. The van der Waals surface area contributed by atoms with Crippen molar-refractivity contribution < 1.29 is 0 Å². The molecule has 0 saturated heterocycles. The van der Waals surface area contributed by atoms with Crippen molar-refractivity contribution in [3.8, 4) is 6.07 Å². The highest BCUT2D eigenvalue weighted by Gasteiger charge is 2.34. The number of hydrogen-bond donors (Lipinski definition) is 0. The van der Waals surface area contributed by atoms with Gasteiger partial charge in [0, 0.05) is 0 Å². The fourth-order valence-electron chi connectivity index (χ4n) is 4.08. The topological polar surface area (TPSA) is 23.8 Å². The predicted molar refractivity (Wildman–Crippen MR) is 78.5 cm³/mol. The van der Waals surface area contributed by atoms with E-state index in [-0.39, 0.29) is 5.41 Å². The molecule has 0 aromatic heterocycles. The molecule has 0 aliphatic heterocycles. The lowest BCUT2D eigenvalue weighted by molar-refractivity contribution is 0.497. The van der Waals surface area contributed by atoms with E-state index < -0.39 is 0 Å². The maximum Gasteiger partial charge on any atom is 0.0997 e. The number of nitrogens with zero attached hydrogens (tertiary/aromatic N) is 1. The molecule has 0 saturated carbocycles. The number of benzene rings is 1. The molecule has 0 spiro atoms. The van der Waals surface area contributed by atoms with Crippen molar-refractivity contribution in [2.24, 2.45) is 0 Å². The van der Waals surface area contributed by atoms with Crippen LogP contribution in [0.25, 0.3) is 0 Å². The van der Waals surface area contributed by atoms with E-state index in [4.69, 9.17) is 0 Å². The van der Waals surface area contributed by atoms with Gasteiger partial charge in [-0.3, -0.25) is 0 Å². The summed E-state index contributed by atoms with van der Waals surface area (Å²) in [5.41, 5.74) is 8.83. The fraction of sp³-hybridized carbons (Fsp3) is 0.611. The second-order valence-electron chi connectivity index (χ2n) is 6.72. The second-order valence-corrected chi connectivity index (χ2v) is 6.72. The Morgan fingerprint density at radius 1 is 0.947 bits per heavy atom. The van der Waals surface area contributed by atoms with Crippen LogP contribution in [0.5, 0.6) is 0 Å². The van der Waals surface area contributed by atoms with E-state index in [0.717, 1.165) is 18.4 Å². The normalized spacial score (nSPS) is 17.2. The number of rotatable bonds is 2. The summed E-state index contributed by atoms with van der Waals surface area (Å²) < 4.78 is 0. The molecule has 0 N–H and O–H groups in total. The van der Waals surface area contributed by atoms with Crippen LogP contribution < -0.4 is 0 Å². The molecule has 0 atom stereocenters. The van der Waals surface area contributed by atoms with Gasteiger partial charge in [-0.05, 0) is 78.2 Å². The molecule has 0 fully saturated rings. The van der Waals surface area contributed by atoms with Gasteiger partial charge >= 0.3 is 0 Å². The maximum atomic E-state index is 9.57. The summed E-state index contributed by atoms with van der Waals surface area (Å²) in [6.07, 6.45) is 8.28. The Kier molecular flexibility index (Phi) is 2.93. The molecule has 100 valence electrons. The summed E-state index contributed by atoms with van der Waals surface area (Å²) >= 11 is 0. The average Bonchev–Trinajstić information content (AvgIpc) is 3.03. The number of fused-ring (bicyclic) bond motifs is 2. The van der Waals surface area contributed by atoms with Crippen molar-refractivity contribution in [1.82, 2.24) is 0 Å². The first-order valence-corrected chi connectivity index (χ1v) is 7.70. The van der Waals surface area contributed by atoms with Crippen molar-refractivity contribution in [2.45, 2.75) is 71.1 Å². The van der Waals surface area contributed by atoms with Crippen molar-refractivity contribution in [2.75, 3.05) is 0 Å². The van der Waals surface area contributed by atoms with E-state index >= 15 is 0 Å². The third-order valence-electron chi connectivity index (χ3n) is 5.32. The van der Waals surface area contributed by atoms with Crippen LogP contribution in [0.4, 0.5) is 0 Å². The molecule has 0 bridgehead atoms. The average molecular weight is 253 g/mol. The van der Waals surface area contributed by atoms with Gasteiger partial charge in [0.25, 0.3) is 0 Å². The molecule has 0 unspecified atom stereocenters. The van der Waals surface area contributed by atoms with E-state index in [2.05, 4.69) is 26.8 Å². The third-order valence-corrected chi connectivity index (χ3v) is 5.32. The fourth-order valence-corrected chi connectivity index (χ4v) is 4.08. The lowest BCUT2D eigenvalue weighted by Crippen LogP contribution is -2.21. The van der Waals surface area contributed by atoms with E-state index in [1.165, 1.54) is 43.2 Å². The monoisotopic (exact) mass is 253 g/mol. The molecular weight excluding hydrogens is 230 g/mol. The van der Waals surface area contributed by atoms with Gasteiger partial charge in [0.2, 0.25) is 0 Å². The van der Waals surface area contributed by atoms with E-state index in [9.17, 15) is 5.26 Å². The van der Waals surface area contributed by atoms with Gasteiger partial charge in [0.1, 0.15) is 0 Å².